The van der Waals surface area contributed by atoms with Gasteiger partial charge in [-0.3, -0.25) is 14.4 Å². The number of esters is 3. The first-order valence-electron chi connectivity index (χ1n) is 25.7. The molecule has 0 N–H and O–H groups in total. The monoisotopic (exact) mass is 821 g/mol. The minimum Gasteiger partial charge on any atom is -0.462 e. The molecule has 0 unspecified atom stereocenters. The van der Waals surface area contributed by atoms with Crippen LogP contribution in [0, 0.1) is 11.8 Å². The number of ether oxygens (including phenoxy) is 3. The van der Waals surface area contributed by atoms with E-state index in [1.54, 1.807) is 0 Å². The van der Waals surface area contributed by atoms with Crippen molar-refractivity contribution in [2.45, 2.75) is 291 Å². The van der Waals surface area contributed by atoms with Crippen molar-refractivity contribution in [2.75, 3.05) is 13.2 Å². The van der Waals surface area contributed by atoms with Gasteiger partial charge in [0, 0.05) is 19.3 Å². The van der Waals surface area contributed by atoms with Crippen molar-refractivity contribution >= 4 is 17.9 Å². The van der Waals surface area contributed by atoms with Crippen LogP contribution in [0.5, 0.6) is 0 Å². The van der Waals surface area contributed by atoms with Crippen LogP contribution in [-0.4, -0.2) is 37.2 Å². The molecule has 0 bridgehead atoms. The third kappa shape index (κ3) is 45.5. The standard InChI is InChI=1S/C52H100O6/c1-6-7-8-9-10-11-15-22-27-32-37-42-50(53)56-45-49(46-57-51(54)43-38-33-28-23-19-14-17-21-26-31-36-41-48(4)5)58-52(55)44-39-34-29-24-18-13-12-16-20-25-30-35-40-47(2)3/h47-49H,6-46H2,1-5H3/t49-/m0/s1. The molecule has 0 saturated carbocycles. The second-order valence-electron chi connectivity index (χ2n) is 18.8. The Morgan fingerprint density at radius 1 is 0.328 bits per heavy atom. The highest BCUT2D eigenvalue weighted by Gasteiger charge is 2.19. The van der Waals surface area contributed by atoms with Crippen LogP contribution >= 0.6 is 0 Å². The third-order valence-corrected chi connectivity index (χ3v) is 11.7. The molecule has 0 heterocycles. The van der Waals surface area contributed by atoms with E-state index in [-0.39, 0.29) is 31.1 Å². The molecule has 0 aromatic carbocycles. The maximum absolute atomic E-state index is 12.8. The van der Waals surface area contributed by atoms with Crippen LogP contribution < -0.4 is 0 Å². The fourth-order valence-corrected chi connectivity index (χ4v) is 7.81. The van der Waals surface area contributed by atoms with Gasteiger partial charge in [-0.2, -0.15) is 0 Å². The minimum absolute atomic E-state index is 0.0637. The number of hydrogen-bond acceptors (Lipinski definition) is 6. The van der Waals surface area contributed by atoms with Gasteiger partial charge in [0.2, 0.25) is 0 Å². The Balaban J connectivity index is 4.31. The fourth-order valence-electron chi connectivity index (χ4n) is 7.81. The van der Waals surface area contributed by atoms with Gasteiger partial charge in [0.1, 0.15) is 13.2 Å². The van der Waals surface area contributed by atoms with Crippen molar-refractivity contribution in [3.8, 4) is 0 Å². The lowest BCUT2D eigenvalue weighted by molar-refractivity contribution is -0.167. The smallest absolute Gasteiger partial charge is 0.306 e. The van der Waals surface area contributed by atoms with E-state index in [0.29, 0.717) is 19.3 Å². The Hall–Kier alpha value is -1.59. The first kappa shape index (κ1) is 56.4. The largest absolute Gasteiger partial charge is 0.462 e. The molecule has 0 radical (unpaired) electrons. The molecule has 6 heteroatoms. The summed E-state index contributed by atoms with van der Waals surface area (Å²) in [5, 5.41) is 0. The second kappa shape index (κ2) is 44.9. The highest BCUT2D eigenvalue weighted by atomic mass is 16.6. The van der Waals surface area contributed by atoms with Gasteiger partial charge in [-0.15, -0.1) is 0 Å². The van der Waals surface area contributed by atoms with Crippen LogP contribution in [0.3, 0.4) is 0 Å². The Labute approximate surface area is 361 Å². The Morgan fingerprint density at radius 3 is 0.845 bits per heavy atom. The van der Waals surface area contributed by atoms with E-state index in [1.165, 1.54) is 173 Å². The lowest BCUT2D eigenvalue weighted by atomic mass is 10.0. The lowest BCUT2D eigenvalue weighted by Gasteiger charge is -2.18. The van der Waals surface area contributed by atoms with Gasteiger partial charge in [-0.05, 0) is 31.1 Å². The van der Waals surface area contributed by atoms with E-state index in [4.69, 9.17) is 14.2 Å². The molecule has 0 rings (SSSR count). The average Bonchev–Trinajstić information content (AvgIpc) is 3.19. The summed E-state index contributed by atoms with van der Waals surface area (Å²) >= 11 is 0. The highest BCUT2D eigenvalue weighted by Crippen LogP contribution is 2.17. The van der Waals surface area contributed by atoms with E-state index in [0.717, 1.165) is 69.6 Å². The van der Waals surface area contributed by atoms with Crippen LogP contribution in [0.15, 0.2) is 0 Å². The summed E-state index contributed by atoms with van der Waals surface area (Å²) in [5.41, 5.74) is 0. The van der Waals surface area contributed by atoms with E-state index >= 15 is 0 Å². The predicted molar refractivity (Wildman–Crippen MR) is 247 cm³/mol. The maximum atomic E-state index is 12.8. The van der Waals surface area contributed by atoms with E-state index in [9.17, 15) is 14.4 Å². The molecule has 1 atom stereocenters. The van der Waals surface area contributed by atoms with Gasteiger partial charge in [0.05, 0.1) is 0 Å². The van der Waals surface area contributed by atoms with E-state index in [2.05, 4.69) is 34.6 Å². The summed E-state index contributed by atoms with van der Waals surface area (Å²) in [7, 11) is 0. The molecule has 0 aromatic rings. The Bertz CT molecular complexity index is 885. The van der Waals surface area contributed by atoms with Gasteiger partial charge >= 0.3 is 17.9 Å². The van der Waals surface area contributed by atoms with E-state index < -0.39 is 6.10 Å². The zero-order valence-corrected chi connectivity index (χ0v) is 39.7. The zero-order valence-electron chi connectivity index (χ0n) is 39.7. The molecule has 0 aromatic heterocycles. The van der Waals surface area contributed by atoms with Crippen molar-refractivity contribution in [3.63, 3.8) is 0 Å². The first-order valence-corrected chi connectivity index (χ1v) is 25.7. The SMILES string of the molecule is CCCCCCCCCCCCCC(=O)OC[C@@H](COC(=O)CCCCCCCCCCCCCC(C)C)OC(=O)CCCCCCCCCCCCCCC(C)C. The normalized spacial score (nSPS) is 12.1. The molecule has 0 aliphatic rings. The van der Waals surface area contributed by atoms with Crippen LogP contribution in [0.25, 0.3) is 0 Å². The number of carbonyl (C=O) groups excluding carboxylic acids is 3. The molecule has 58 heavy (non-hydrogen) atoms. The number of carbonyl (C=O) groups is 3. The second-order valence-corrected chi connectivity index (χ2v) is 18.8. The van der Waals surface area contributed by atoms with Crippen LogP contribution in [-0.2, 0) is 28.6 Å². The van der Waals surface area contributed by atoms with Gasteiger partial charge in [0.25, 0.3) is 0 Å². The number of rotatable bonds is 46. The van der Waals surface area contributed by atoms with Crippen molar-refractivity contribution in [3.05, 3.63) is 0 Å². The molecular formula is C52H100O6. The van der Waals surface area contributed by atoms with E-state index in [1.807, 2.05) is 0 Å². The molecule has 344 valence electrons. The van der Waals surface area contributed by atoms with Crippen molar-refractivity contribution in [1.82, 2.24) is 0 Å². The Morgan fingerprint density at radius 2 is 0.569 bits per heavy atom. The summed E-state index contributed by atoms with van der Waals surface area (Å²) in [6.07, 6.45) is 45.1. The number of hydrogen-bond donors (Lipinski definition) is 0. The number of unbranched alkanes of at least 4 members (excludes halogenated alkanes) is 31. The molecule has 0 spiro atoms. The predicted octanol–water partition coefficient (Wildman–Crippen LogP) is 16.5. The molecule has 0 fully saturated rings. The lowest BCUT2D eigenvalue weighted by Crippen LogP contribution is -2.30. The molecule has 0 aliphatic carbocycles. The maximum Gasteiger partial charge on any atom is 0.306 e. The highest BCUT2D eigenvalue weighted by molar-refractivity contribution is 5.71. The topological polar surface area (TPSA) is 78.9 Å². The van der Waals surface area contributed by atoms with Crippen molar-refractivity contribution < 1.29 is 28.6 Å². The average molecular weight is 821 g/mol. The van der Waals surface area contributed by atoms with Crippen molar-refractivity contribution in [2.24, 2.45) is 11.8 Å². The fraction of sp³-hybridized carbons (Fsp3) is 0.942. The summed E-state index contributed by atoms with van der Waals surface area (Å²) in [5.74, 6) is 0.810. The summed E-state index contributed by atoms with van der Waals surface area (Å²) in [4.78, 5) is 37.9. The molecule has 6 nitrogen and oxygen atoms in total. The minimum atomic E-state index is -0.761. The van der Waals surface area contributed by atoms with Crippen LogP contribution in [0.1, 0.15) is 285 Å². The zero-order chi connectivity index (χ0) is 42.6. The van der Waals surface area contributed by atoms with Crippen molar-refractivity contribution in [1.29, 1.82) is 0 Å². The van der Waals surface area contributed by atoms with Crippen LogP contribution in [0.2, 0.25) is 0 Å². The summed E-state index contributed by atoms with van der Waals surface area (Å²) in [6.45, 7) is 11.4. The summed E-state index contributed by atoms with van der Waals surface area (Å²) < 4.78 is 16.8. The third-order valence-electron chi connectivity index (χ3n) is 11.7. The first-order chi connectivity index (χ1) is 28.2. The van der Waals surface area contributed by atoms with Crippen LogP contribution in [0.4, 0.5) is 0 Å². The quantitative estimate of drug-likeness (QED) is 0.0346. The van der Waals surface area contributed by atoms with Gasteiger partial charge < -0.3 is 14.2 Å². The molecular weight excluding hydrogens is 721 g/mol. The summed E-state index contributed by atoms with van der Waals surface area (Å²) in [6, 6.07) is 0. The van der Waals surface area contributed by atoms with Gasteiger partial charge in [-0.1, -0.05) is 247 Å². The molecule has 0 saturated heterocycles. The van der Waals surface area contributed by atoms with Gasteiger partial charge in [-0.25, -0.2) is 0 Å². The molecule has 0 amide bonds. The molecule has 0 aliphatic heterocycles. The van der Waals surface area contributed by atoms with Gasteiger partial charge in [0.15, 0.2) is 6.10 Å². The Kier molecular flexibility index (Phi) is 43.7.